The summed E-state index contributed by atoms with van der Waals surface area (Å²) in [6, 6.07) is 7.17. The number of hydrogen-bond acceptors (Lipinski definition) is 3. The zero-order valence-corrected chi connectivity index (χ0v) is 10.9. The minimum Gasteiger partial charge on any atom is -0.388 e. The first-order valence-electron chi connectivity index (χ1n) is 5.70. The fourth-order valence-corrected chi connectivity index (χ4v) is 1.69. The van der Waals surface area contributed by atoms with Gasteiger partial charge < -0.3 is 10.4 Å². The molecule has 0 saturated heterocycles. The van der Waals surface area contributed by atoms with Crippen LogP contribution >= 0.6 is 11.6 Å². The highest BCUT2D eigenvalue weighted by molar-refractivity contribution is 6.30. The lowest BCUT2D eigenvalue weighted by Gasteiger charge is -2.26. The quantitative estimate of drug-likeness (QED) is 0.846. The number of rotatable bonds is 5. The molecule has 0 heterocycles. The first-order valence-corrected chi connectivity index (χ1v) is 6.08. The van der Waals surface area contributed by atoms with Crippen molar-refractivity contribution < 1.29 is 5.11 Å². The van der Waals surface area contributed by atoms with Crippen molar-refractivity contribution in [3.05, 3.63) is 28.8 Å². The summed E-state index contributed by atoms with van der Waals surface area (Å²) < 4.78 is 0. The Labute approximate surface area is 107 Å². The largest absolute Gasteiger partial charge is 0.388 e. The van der Waals surface area contributed by atoms with Crippen LogP contribution in [-0.4, -0.2) is 17.3 Å². The van der Waals surface area contributed by atoms with Gasteiger partial charge in [-0.1, -0.05) is 25.4 Å². The molecule has 2 N–H and O–H groups in total. The zero-order valence-electron chi connectivity index (χ0n) is 10.1. The third-order valence-electron chi connectivity index (χ3n) is 3.03. The Morgan fingerprint density at radius 2 is 2.06 bits per heavy atom. The van der Waals surface area contributed by atoms with Gasteiger partial charge in [-0.25, -0.2) is 0 Å². The SMILES string of the molecule is CCC(O)(CC)CNc1ccc(Cl)cc1C#N. The van der Waals surface area contributed by atoms with Crippen LogP contribution in [0.15, 0.2) is 18.2 Å². The lowest BCUT2D eigenvalue weighted by atomic mass is 9.97. The fraction of sp³-hybridized carbons (Fsp3) is 0.462. The Morgan fingerprint density at radius 3 is 2.59 bits per heavy atom. The van der Waals surface area contributed by atoms with Gasteiger partial charge in [0, 0.05) is 11.6 Å². The monoisotopic (exact) mass is 252 g/mol. The van der Waals surface area contributed by atoms with Crippen LogP contribution in [0.3, 0.4) is 0 Å². The first-order chi connectivity index (χ1) is 8.04. The fourth-order valence-electron chi connectivity index (χ4n) is 1.52. The summed E-state index contributed by atoms with van der Waals surface area (Å²) in [5.74, 6) is 0. The van der Waals surface area contributed by atoms with Gasteiger partial charge in [0.1, 0.15) is 6.07 Å². The van der Waals surface area contributed by atoms with Crippen LogP contribution in [0.1, 0.15) is 32.3 Å². The normalized spacial score (nSPS) is 11.0. The van der Waals surface area contributed by atoms with E-state index in [0.717, 1.165) is 0 Å². The highest BCUT2D eigenvalue weighted by Crippen LogP contribution is 2.22. The molecule has 0 aliphatic heterocycles. The maximum atomic E-state index is 10.1. The highest BCUT2D eigenvalue weighted by Gasteiger charge is 2.21. The van der Waals surface area contributed by atoms with Crippen molar-refractivity contribution in [1.82, 2.24) is 0 Å². The van der Waals surface area contributed by atoms with E-state index in [1.807, 2.05) is 13.8 Å². The molecule has 0 bridgehead atoms. The van der Waals surface area contributed by atoms with Crippen LogP contribution < -0.4 is 5.32 Å². The summed E-state index contributed by atoms with van der Waals surface area (Å²) in [7, 11) is 0. The molecule has 0 spiro atoms. The van der Waals surface area contributed by atoms with Crippen molar-refractivity contribution in [2.75, 3.05) is 11.9 Å². The van der Waals surface area contributed by atoms with E-state index in [0.29, 0.717) is 35.7 Å². The van der Waals surface area contributed by atoms with Gasteiger partial charge in [-0.2, -0.15) is 5.26 Å². The molecule has 17 heavy (non-hydrogen) atoms. The molecule has 1 rings (SSSR count). The van der Waals surface area contributed by atoms with E-state index < -0.39 is 5.60 Å². The summed E-state index contributed by atoms with van der Waals surface area (Å²) in [6.07, 6.45) is 1.35. The molecule has 0 atom stereocenters. The van der Waals surface area contributed by atoms with Crippen LogP contribution in [0.2, 0.25) is 5.02 Å². The number of aliphatic hydroxyl groups is 1. The number of halogens is 1. The van der Waals surface area contributed by atoms with Gasteiger partial charge in [-0.15, -0.1) is 0 Å². The first kappa shape index (κ1) is 13.8. The van der Waals surface area contributed by atoms with Crippen LogP contribution in [0.5, 0.6) is 0 Å². The minimum absolute atomic E-state index is 0.427. The van der Waals surface area contributed by atoms with E-state index in [1.54, 1.807) is 18.2 Å². The molecule has 0 fully saturated rings. The third-order valence-corrected chi connectivity index (χ3v) is 3.26. The molecule has 1 aromatic rings. The van der Waals surface area contributed by atoms with E-state index in [1.165, 1.54) is 0 Å². The molecule has 92 valence electrons. The molecular weight excluding hydrogens is 236 g/mol. The molecule has 0 saturated carbocycles. The molecule has 0 radical (unpaired) electrons. The van der Waals surface area contributed by atoms with Gasteiger partial charge in [0.25, 0.3) is 0 Å². The maximum Gasteiger partial charge on any atom is 0.101 e. The summed E-state index contributed by atoms with van der Waals surface area (Å²) in [5.41, 5.74) is 0.469. The van der Waals surface area contributed by atoms with Gasteiger partial charge in [0.2, 0.25) is 0 Å². The molecule has 0 aliphatic carbocycles. The molecule has 1 aromatic carbocycles. The maximum absolute atomic E-state index is 10.1. The van der Waals surface area contributed by atoms with Gasteiger partial charge in [-0.05, 0) is 31.0 Å². The molecule has 4 heteroatoms. The molecule has 0 unspecified atom stereocenters. The smallest absolute Gasteiger partial charge is 0.101 e. The highest BCUT2D eigenvalue weighted by atomic mass is 35.5. The van der Waals surface area contributed by atoms with Crippen molar-refractivity contribution >= 4 is 17.3 Å². The molecule has 3 nitrogen and oxygen atoms in total. The minimum atomic E-state index is -0.730. The number of hydrogen-bond donors (Lipinski definition) is 2. The van der Waals surface area contributed by atoms with Crippen LogP contribution in [-0.2, 0) is 0 Å². The van der Waals surface area contributed by atoms with Gasteiger partial charge in [0.05, 0.1) is 16.9 Å². The van der Waals surface area contributed by atoms with Gasteiger partial charge in [0.15, 0.2) is 0 Å². The molecule has 0 aliphatic rings. The Morgan fingerprint density at radius 1 is 1.41 bits per heavy atom. The van der Waals surface area contributed by atoms with E-state index in [-0.39, 0.29) is 0 Å². The van der Waals surface area contributed by atoms with Crippen LogP contribution in [0, 0.1) is 11.3 Å². The molecule has 0 aromatic heterocycles. The predicted molar refractivity (Wildman–Crippen MR) is 70.2 cm³/mol. The Balaban J connectivity index is 2.80. The zero-order chi connectivity index (χ0) is 12.9. The standard InChI is InChI=1S/C13H17ClN2O/c1-3-13(17,4-2)9-16-12-6-5-11(14)7-10(12)8-15/h5-7,16-17H,3-4,9H2,1-2H3. The van der Waals surface area contributed by atoms with E-state index in [4.69, 9.17) is 16.9 Å². The average molecular weight is 253 g/mol. The Kier molecular flexibility index (Phi) is 4.80. The average Bonchev–Trinajstić information content (AvgIpc) is 2.36. The number of nitrogens with one attached hydrogen (secondary N) is 1. The summed E-state index contributed by atoms with van der Waals surface area (Å²) in [4.78, 5) is 0. The lowest BCUT2D eigenvalue weighted by molar-refractivity contribution is 0.0457. The van der Waals surface area contributed by atoms with E-state index >= 15 is 0 Å². The summed E-state index contributed by atoms with van der Waals surface area (Å²) in [5, 5.41) is 22.8. The Bertz CT molecular complexity index is 422. The van der Waals surface area contributed by atoms with Crippen molar-refractivity contribution in [3.8, 4) is 6.07 Å². The second-order valence-corrected chi connectivity index (χ2v) is 4.52. The summed E-state index contributed by atoms with van der Waals surface area (Å²) >= 11 is 5.81. The lowest BCUT2D eigenvalue weighted by Crippen LogP contribution is -2.35. The van der Waals surface area contributed by atoms with E-state index in [9.17, 15) is 5.11 Å². The van der Waals surface area contributed by atoms with Crippen LogP contribution in [0.4, 0.5) is 5.69 Å². The van der Waals surface area contributed by atoms with Gasteiger partial charge in [-0.3, -0.25) is 0 Å². The number of nitriles is 1. The third kappa shape index (κ3) is 3.62. The summed E-state index contributed by atoms with van der Waals surface area (Å²) in [6.45, 7) is 4.31. The second kappa shape index (κ2) is 5.90. The molecular formula is C13H17ClN2O. The topological polar surface area (TPSA) is 56.0 Å². The van der Waals surface area contributed by atoms with Crippen LogP contribution in [0.25, 0.3) is 0 Å². The van der Waals surface area contributed by atoms with Crippen molar-refractivity contribution in [3.63, 3.8) is 0 Å². The van der Waals surface area contributed by atoms with Crippen molar-refractivity contribution in [2.45, 2.75) is 32.3 Å². The number of anilines is 1. The predicted octanol–water partition coefficient (Wildman–Crippen LogP) is 3.17. The Hall–Kier alpha value is -1.24. The van der Waals surface area contributed by atoms with Crippen molar-refractivity contribution in [1.29, 1.82) is 5.26 Å². The van der Waals surface area contributed by atoms with E-state index in [2.05, 4.69) is 11.4 Å². The van der Waals surface area contributed by atoms with Crippen molar-refractivity contribution in [2.24, 2.45) is 0 Å². The second-order valence-electron chi connectivity index (χ2n) is 4.09. The molecule has 0 amide bonds. The van der Waals surface area contributed by atoms with Gasteiger partial charge >= 0.3 is 0 Å². The number of nitrogens with zero attached hydrogens (tertiary/aromatic N) is 1. The number of benzene rings is 1.